The first-order chi connectivity index (χ1) is 9.36. The van der Waals surface area contributed by atoms with E-state index in [4.69, 9.17) is 0 Å². The molecule has 2 aromatic heterocycles. The quantitative estimate of drug-likeness (QED) is 0.782. The molecule has 1 aliphatic carbocycles. The molecule has 20 heavy (non-hydrogen) atoms. The van der Waals surface area contributed by atoms with E-state index in [2.05, 4.69) is 58.3 Å². The van der Waals surface area contributed by atoms with Gasteiger partial charge >= 0.3 is 0 Å². The maximum Gasteiger partial charge on any atom is 0.264 e. The third kappa shape index (κ3) is 2.67. The second-order valence-corrected chi connectivity index (χ2v) is 8.11. The Balaban J connectivity index is 2.06. The van der Waals surface area contributed by atoms with E-state index in [0.717, 1.165) is 32.8 Å². The summed E-state index contributed by atoms with van der Waals surface area (Å²) >= 11 is 3.71. The molecule has 106 valence electrons. The highest BCUT2D eigenvalue weighted by Gasteiger charge is 2.29. The van der Waals surface area contributed by atoms with E-state index in [1.807, 2.05) is 5.38 Å². The maximum absolute atomic E-state index is 12.0. The molecule has 0 saturated heterocycles. The van der Waals surface area contributed by atoms with Gasteiger partial charge in [-0.05, 0) is 35.4 Å². The molecule has 2 aromatic rings. The average Bonchev–Trinajstić information content (AvgIpc) is 3.06. The number of nitrogens with zero attached hydrogens (tertiary/aromatic N) is 2. The minimum Gasteiger partial charge on any atom is -0.304 e. The molecule has 1 aliphatic rings. The zero-order valence-corrected chi connectivity index (χ0v) is 14.6. The predicted octanol–water partition coefficient (Wildman–Crippen LogP) is 3.67. The van der Waals surface area contributed by atoms with Crippen molar-refractivity contribution in [2.24, 2.45) is 0 Å². The second kappa shape index (κ2) is 4.91. The molecule has 1 N–H and O–H groups in total. The molecule has 0 bridgehead atoms. The average molecular weight is 401 g/mol. The number of aromatic nitrogens is 3. The van der Waals surface area contributed by atoms with E-state index in [9.17, 15) is 4.79 Å². The molecule has 6 heteroatoms. The first kappa shape index (κ1) is 14.2. The molecule has 0 unspecified atom stereocenters. The third-order valence-corrected chi connectivity index (χ3v) is 5.55. The second-order valence-electron chi connectivity index (χ2n) is 6.18. The Hall–Kier alpha value is -0.760. The van der Waals surface area contributed by atoms with Crippen LogP contribution >= 0.6 is 33.9 Å². The van der Waals surface area contributed by atoms with Crippen molar-refractivity contribution < 1.29 is 0 Å². The van der Waals surface area contributed by atoms with E-state index >= 15 is 0 Å². The molecule has 0 atom stereocenters. The van der Waals surface area contributed by atoms with Crippen molar-refractivity contribution in [1.82, 2.24) is 15.0 Å². The first-order valence-corrected chi connectivity index (χ1v) is 8.58. The third-order valence-electron chi connectivity index (χ3n) is 3.24. The van der Waals surface area contributed by atoms with Gasteiger partial charge in [0, 0.05) is 16.7 Å². The summed E-state index contributed by atoms with van der Waals surface area (Å²) in [5, 5.41) is 3.03. The molecular weight excluding hydrogens is 385 g/mol. The van der Waals surface area contributed by atoms with Crippen LogP contribution in [0.5, 0.6) is 0 Å². The highest BCUT2D eigenvalue weighted by molar-refractivity contribution is 14.1. The van der Waals surface area contributed by atoms with E-state index in [0.29, 0.717) is 11.7 Å². The number of thiazole rings is 1. The highest BCUT2D eigenvalue weighted by Crippen LogP contribution is 2.40. The van der Waals surface area contributed by atoms with Gasteiger partial charge in [0.15, 0.2) is 5.82 Å². The number of nitrogens with one attached hydrogen (secondary N) is 1. The molecule has 4 nitrogen and oxygen atoms in total. The number of aromatic amines is 1. The maximum atomic E-state index is 12.0. The lowest BCUT2D eigenvalue weighted by molar-refractivity contribution is 0.586. The molecule has 3 rings (SSSR count). The van der Waals surface area contributed by atoms with Gasteiger partial charge in [-0.15, -0.1) is 11.3 Å². The van der Waals surface area contributed by atoms with Crippen molar-refractivity contribution in [2.75, 3.05) is 0 Å². The van der Waals surface area contributed by atoms with Crippen LogP contribution in [0.25, 0.3) is 11.5 Å². The standard InChI is InChI=1S/C14H16IN3OS/c1-14(2,3)13-16-8(6-20-13)11-17-10(7-4-5-7)9(15)12(19)18-11/h6-7H,4-5H2,1-3H3,(H,17,18,19). The Morgan fingerprint density at radius 3 is 2.60 bits per heavy atom. The largest absolute Gasteiger partial charge is 0.304 e. The Kier molecular flexibility index (Phi) is 3.48. The molecule has 2 heterocycles. The monoisotopic (exact) mass is 401 g/mol. The minimum absolute atomic E-state index is 0.0196. The van der Waals surface area contributed by atoms with Gasteiger partial charge in [-0.3, -0.25) is 4.79 Å². The van der Waals surface area contributed by atoms with Gasteiger partial charge in [-0.25, -0.2) is 9.97 Å². The minimum atomic E-state index is -0.0530. The number of H-pyrrole nitrogens is 1. The Bertz CT molecular complexity index is 710. The van der Waals surface area contributed by atoms with E-state index in [-0.39, 0.29) is 11.0 Å². The van der Waals surface area contributed by atoms with Crippen molar-refractivity contribution >= 4 is 33.9 Å². The fourth-order valence-corrected chi connectivity index (χ4v) is 3.54. The van der Waals surface area contributed by atoms with Crippen molar-refractivity contribution in [1.29, 1.82) is 0 Å². The summed E-state index contributed by atoms with van der Waals surface area (Å²) in [4.78, 5) is 24.2. The summed E-state index contributed by atoms with van der Waals surface area (Å²) in [5.74, 6) is 1.06. The van der Waals surface area contributed by atoms with Crippen LogP contribution in [-0.4, -0.2) is 15.0 Å². The van der Waals surface area contributed by atoms with Crippen LogP contribution in [0.1, 0.15) is 50.2 Å². The Labute approximate surface area is 135 Å². The van der Waals surface area contributed by atoms with Gasteiger partial charge < -0.3 is 4.98 Å². The fourth-order valence-electron chi connectivity index (χ4n) is 1.95. The topological polar surface area (TPSA) is 58.6 Å². The number of hydrogen-bond donors (Lipinski definition) is 1. The van der Waals surface area contributed by atoms with Crippen molar-refractivity contribution in [3.63, 3.8) is 0 Å². The van der Waals surface area contributed by atoms with Gasteiger partial charge in [0.05, 0.1) is 10.7 Å². The predicted molar refractivity (Wildman–Crippen MR) is 89.4 cm³/mol. The summed E-state index contributed by atoms with van der Waals surface area (Å²) in [7, 11) is 0. The molecule has 0 amide bonds. The SMILES string of the molecule is CC(C)(C)c1nc(-c2nc(C3CC3)c(I)c(=O)[nH]2)cs1. The first-order valence-electron chi connectivity index (χ1n) is 6.62. The van der Waals surface area contributed by atoms with Gasteiger partial charge in [0.25, 0.3) is 5.56 Å². The van der Waals surface area contributed by atoms with Gasteiger partial charge in [-0.1, -0.05) is 20.8 Å². The van der Waals surface area contributed by atoms with E-state index < -0.39 is 0 Å². The lowest BCUT2D eigenvalue weighted by atomic mass is 9.98. The van der Waals surface area contributed by atoms with Crippen LogP contribution < -0.4 is 5.56 Å². The van der Waals surface area contributed by atoms with Crippen molar-refractivity contribution in [3.05, 3.63) is 30.0 Å². The summed E-state index contributed by atoms with van der Waals surface area (Å²) in [6, 6.07) is 0. The Morgan fingerprint density at radius 2 is 2.05 bits per heavy atom. The van der Waals surface area contributed by atoms with E-state index in [1.54, 1.807) is 11.3 Å². The van der Waals surface area contributed by atoms with Gasteiger partial charge in [0.1, 0.15) is 9.26 Å². The highest BCUT2D eigenvalue weighted by atomic mass is 127. The van der Waals surface area contributed by atoms with Crippen LogP contribution in [0.2, 0.25) is 0 Å². The molecule has 0 aromatic carbocycles. The lowest BCUT2D eigenvalue weighted by Crippen LogP contribution is -2.16. The lowest BCUT2D eigenvalue weighted by Gasteiger charge is -2.13. The number of rotatable bonds is 2. The van der Waals surface area contributed by atoms with Crippen LogP contribution in [0.4, 0.5) is 0 Å². The molecule has 0 spiro atoms. The van der Waals surface area contributed by atoms with Crippen molar-refractivity contribution in [3.8, 4) is 11.5 Å². The Morgan fingerprint density at radius 1 is 1.35 bits per heavy atom. The summed E-state index contributed by atoms with van der Waals surface area (Å²) in [6.07, 6.45) is 2.27. The van der Waals surface area contributed by atoms with E-state index in [1.165, 1.54) is 0 Å². The number of halogens is 1. The van der Waals surface area contributed by atoms with Crippen molar-refractivity contribution in [2.45, 2.75) is 44.9 Å². The zero-order chi connectivity index (χ0) is 14.5. The fraction of sp³-hybridized carbons (Fsp3) is 0.500. The zero-order valence-electron chi connectivity index (χ0n) is 11.7. The molecule has 1 fully saturated rings. The normalized spacial score (nSPS) is 15.6. The summed E-state index contributed by atoms with van der Waals surface area (Å²) < 4.78 is 0.722. The number of hydrogen-bond acceptors (Lipinski definition) is 4. The van der Waals surface area contributed by atoms with Gasteiger partial charge in [0.2, 0.25) is 0 Å². The van der Waals surface area contributed by atoms with Crippen LogP contribution in [0.3, 0.4) is 0 Å². The molecular formula is C14H16IN3OS. The van der Waals surface area contributed by atoms with Gasteiger partial charge in [-0.2, -0.15) is 0 Å². The summed E-state index contributed by atoms with van der Waals surface area (Å²) in [6.45, 7) is 6.40. The molecule has 0 aliphatic heterocycles. The molecule has 0 radical (unpaired) electrons. The summed E-state index contributed by atoms with van der Waals surface area (Å²) in [5.41, 5.74) is 1.68. The van der Waals surface area contributed by atoms with Crippen LogP contribution in [0.15, 0.2) is 10.2 Å². The smallest absolute Gasteiger partial charge is 0.264 e. The molecule has 1 saturated carbocycles. The van der Waals surface area contributed by atoms with Crippen LogP contribution in [-0.2, 0) is 5.41 Å². The van der Waals surface area contributed by atoms with Crippen LogP contribution in [0, 0.1) is 3.57 Å².